The standard InChI is InChI=1S/C23H29NO6/c1-26-18-7-6-14(10-19(18)27-2)8-16-13-24-17(22(16)25)9-15-11-20(28-3)23(30-5)21(12-15)29-4/h6-7,10-12,16-17,24H,8-9,13H2,1-5H3. The molecule has 0 amide bonds. The summed E-state index contributed by atoms with van der Waals surface area (Å²) >= 11 is 0. The highest BCUT2D eigenvalue weighted by Crippen LogP contribution is 2.38. The molecule has 2 atom stereocenters. The lowest BCUT2D eigenvalue weighted by molar-refractivity contribution is -0.121. The highest BCUT2D eigenvalue weighted by Gasteiger charge is 2.34. The van der Waals surface area contributed by atoms with E-state index in [-0.39, 0.29) is 17.7 Å². The maximum Gasteiger partial charge on any atom is 0.203 e. The van der Waals surface area contributed by atoms with Crippen molar-refractivity contribution in [3.05, 3.63) is 41.5 Å². The van der Waals surface area contributed by atoms with Gasteiger partial charge in [-0.15, -0.1) is 0 Å². The van der Waals surface area contributed by atoms with Gasteiger partial charge < -0.3 is 29.0 Å². The topological polar surface area (TPSA) is 75.3 Å². The summed E-state index contributed by atoms with van der Waals surface area (Å²) in [6.45, 7) is 0.641. The molecule has 1 N–H and O–H groups in total. The van der Waals surface area contributed by atoms with Crippen LogP contribution in [0.1, 0.15) is 11.1 Å². The van der Waals surface area contributed by atoms with E-state index in [2.05, 4.69) is 5.32 Å². The third-order valence-corrected chi connectivity index (χ3v) is 5.45. The molecule has 1 saturated heterocycles. The van der Waals surface area contributed by atoms with Crippen LogP contribution >= 0.6 is 0 Å². The molecular weight excluding hydrogens is 386 g/mol. The van der Waals surface area contributed by atoms with E-state index in [1.54, 1.807) is 35.5 Å². The van der Waals surface area contributed by atoms with Gasteiger partial charge in [0.1, 0.15) is 0 Å². The zero-order chi connectivity index (χ0) is 21.7. The van der Waals surface area contributed by atoms with Crippen molar-refractivity contribution < 1.29 is 28.5 Å². The molecule has 1 aliphatic heterocycles. The number of carbonyl (C=O) groups is 1. The van der Waals surface area contributed by atoms with Crippen molar-refractivity contribution in [3.8, 4) is 28.7 Å². The maximum absolute atomic E-state index is 13.0. The minimum atomic E-state index is -0.252. The first kappa shape index (κ1) is 21.8. The summed E-state index contributed by atoms with van der Waals surface area (Å²) < 4.78 is 26.9. The van der Waals surface area contributed by atoms with Crippen LogP contribution in [-0.2, 0) is 17.6 Å². The molecule has 7 heteroatoms. The number of benzene rings is 2. The fourth-order valence-electron chi connectivity index (χ4n) is 3.90. The van der Waals surface area contributed by atoms with Crippen molar-refractivity contribution in [3.63, 3.8) is 0 Å². The van der Waals surface area contributed by atoms with Crippen LogP contribution in [0.2, 0.25) is 0 Å². The zero-order valence-corrected chi connectivity index (χ0v) is 18.1. The summed E-state index contributed by atoms with van der Waals surface area (Å²) in [5, 5.41) is 3.36. The van der Waals surface area contributed by atoms with Gasteiger partial charge in [0.25, 0.3) is 0 Å². The van der Waals surface area contributed by atoms with Crippen LogP contribution in [-0.4, -0.2) is 53.9 Å². The zero-order valence-electron chi connectivity index (χ0n) is 18.1. The van der Waals surface area contributed by atoms with Gasteiger partial charge in [-0.05, 0) is 48.2 Å². The Labute approximate surface area is 177 Å². The minimum absolute atomic E-state index is 0.0878. The van der Waals surface area contributed by atoms with Gasteiger partial charge >= 0.3 is 0 Å². The van der Waals surface area contributed by atoms with Crippen LogP contribution in [0.5, 0.6) is 28.7 Å². The van der Waals surface area contributed by atoms with Crippen LogP contribution in [0.25, 0.3) is 0 Å². The van der Waals surface area contributed by atoms with Crippen molar-refractivity contribution >= 4 is 5.78 Å². The molecule has 162 valence electrons. The van der Waals surface area contributed by atoms with E-state index in [0.717, 1.165) is 11.1 Å². The molecule has 3 rings (SSSR count). The highest BCUT2D eigenvalue weighted by atomic mass is 16.5. The van der Waals surface area contributed by atoms with Crippen LogP contribution in [0, 0.1) is 5.92 Å². The van der Waals surface area contributed by atoms with Crippen molar-refractivity contribution in [2.24, 2.45) is 5.92 Å². The quantitative estimate of drug-likeness (QED) is 0.675. The predicted octanol–water partition coefficient (Wildman–Crippen LogP) is 2.67. The first-order chi connectivity index (χ1) is 14.5. The Morgan fingerprint density at radius 1 is 0.767 bits per heavy atom. The number of methoxy groups -OCH3 is 5. The number of carbonyl (C=O) groups excluding carboxylic acids is 1. The van der Waals surface area contributed by atoms with E-state index in [1.807, 2.05) is 30.3 Å². The predicted molar refractivity (Wildman–Crippen MR) is 113 cm³/mol. The van der Waals surface area contributed by atoms with E-state index in [4.69, 9.17) is 23.7 Å². The molecular formula is C23H29NO6. The average Bonchev–Trinajstić information content (AvgIpc) is 3.11. The summed E-state index contributed by atoms with van der Waals surface area (Å²) in [6, 6.07) is 9.29. The minimum Gasteiger partial charge on any atom is -0.493 e. The molecule has 30 heavy (non-hydrogen) atoms. The van der Waals surface area contributed by atoms with E-state index in [9.17, 15) is 4.79 Å². The lowest BCUT2D eigenvalue weighted by Gasteiger charge is -2.16. The molecule has 0 aromatic heterocycles. The number of hydrogen-bond acceptors (Lipinski definition) is 7. The monoisotopic (exact) mass is 415 g/mol. The normalized spacial score (nSPS) is 18.2. The van der Waals surface area contributed by atoms with E-state index in [0.29, 0.717) is 48.1 Å². The fourth-order valence-corrected chi connectivity index (χ4v) is 3.90. The summed E-state index contributed by atoms with van der Waals surface area (Å²) in [6.07, 6.45) is 1.20. The molecule has 1 fully saturated rings. The summed E-state index contributed by atoms with van der Waals surface area (Å²) in [5.74, 6) is 3.17. The Hall–Kier alpha value is -2.93. The van der Waals surface area contributed by atoms with E-state index < -0.39 is 0 Å². The molecule has 0 aliphatic carbocycles. The van der Waals surface area contributed by atoms with Gasteiger partial charge in [-0.25, -0.2) is 0 Å². The van der Waals surface area contributed by atoms with Crippen molar-refractivity contribution in [1.82, 2.24) is 5.32 Å². The molecule has 0 spiro atoms. The summed E-state index contributed by atoms with van der Waals surface area (Å²) in [5.41, 5.74) is 1.99. The van der Waals surface area contributed by atoms with Crippen molar-refractivity contribution in [2.75, 3.05) is 42.1 Å². The third kappa shape index (κ3) is 4.46. The molecule has 0 bridgehead atoms. The number of hydrogen-bond donors (Lipinski definition) is 1. The van der Waals surface area contributed by atoms with Crippen molar-refractivity contribution in [1.29, 1.82) is 0 Å². The molecule has 7 nitrogen and oxygen atoms in total. The molecule has 2 aromatic rings. The number of rotatable bonds is 9. The van der Waals surface area contributed by atoms with E-state index >= 15 is 0 Å². The molecule has 1 heterocycles. The molecule has 2 aromatic carbocycles. The Kier molecular flexibility index (Phi) is 7.05. The Morgan fingerprint density at radius 2 is 1.37 bits per heavy atom. The second-order valence-corrected chi connectivity index (χ2v) is 7.19. The van der Waals surface area contributed by atoms with Crippen LogP contribution in [0.3, 0.4) is 0 Å². The van der Waals surface area contributed by atoms with Gasteiger partial charge in [0.2, 0.25) is 5.75 Å². The largest absolute Gasteiger partial charge is 0.493 e. The number of nitrogens with one attached hydrogen (secondary N) is 1. The second-order valence-electron chi connectivity index (χ2n) is 7.19. The Bertz CT molecular complexity index is 872. The van der Waals surface area contributed by atoms with Crippen molar-refractivity contribution in [2.45, 2.75) is 18.9 Å². The van der Waals surface area contributed by atoms with Gasteiger partial charge in [-0.1, -0.05) is 6.07 Å². The molecule has 0 radical (unpaired) electrons. The fraction of sp³-hybridized carbons (Fsp3) is 0.435. The molecule has 1 aliphatic rings. The average molecular weight is 415 g/mol. The molecule has 0 saturated carbocycles. The van der Waals surface area contributed by atoms with E-state index in [1.165, 1.54) is 0 Å². The van der Waals surface area contributed by atoms with Crippen LogP contribution in [0.4, 0.5) is 0 Å². The SMILES string of the molecule is COc1ccc(CC2CNC(Cc3cc(OC)c(OC)c(OC)c3)C2=O)cc1OC. The Balaban J connectivity index is 1.72. The van der Waals surface area contributed by atoms with Gasteiger partial charge in [-0.3, -0.25) is 4.79 Å². The number of ether oxygens (including phenoxy) is 5. The third-order valence-electron chi connectivity index (χ3n) is 5.45. The second kappa shape index (κ2) is 9.71. The van der Waals surface area contributed by atoms with Gasteiger partial charge in [-0.2, -0.15) is 0 Å². The maximum atomic E-state index is 13.0. The first-order valence-corrected chi connectivity index (χ1v) is 9.81. The molecule has 2 unspecified atom stereocenters. The Morgan fingerprint density at radius 3 is 1.93 bits per heavy atom. The van der Waals surface area contributed by atoms with Gasteiger partial charge in [0.15, 0.2) is 28.8 Å². The van der Waals surface area contributed by atoms with Crippen LogP contribution < -0.4 is 29.0 Å². The smallest absolute Gasteiger partial charge is 0.203 e. The first-order valence-electron chi connectivity index (χ1n) is 9.81. The summed E-state index contributed by atoms with van der Waals surface area (Å²) in [4.78, 5) is 13.0. The van der Waals surface area contributed by atoms with Crippen LogP contribution in [0.15, 0.2) is 30.3 Å². The van der Waals surface area contributed by atoms with Gasteiger partial charge in [0.05, 0.1) is 41.6 Å². The number of ketones is 1. The summed E-state index contributed by atoms with van der Waals surface area (Å²) in [7, 11) is 7.95. The number of Topliss-reactive ketones (excluding diaryl/α,β-unsaturated/α-hetero) is 1. The van der Waals surface area contributed by atoms with Gasteiger partial charge in [0, 0.05) is 12.5 Å². The lowest BCUT2D eigenvalue weighted by atomic mass is 9.93. The highest BCUT2D eigenvalue weighted by molar-refractivity contribution is 5.89. The lowest BCUT2D eigenvalue weighted by Crippen LogP contribution is -2.30.